The Balaban J connectivity index is 2.77. The van der Waals surface area contributed by atoms with Crippen molar-refractivity contribution in [3.63, 3.8) is 0 Å². The summed E-state index contributed by atoms with van der Waals surface area (Å²) in [4.78, 5) is 0.863. The molecule has 18 heavy (non-hydrogen) atoms. The highest BCUT2D eigenvalue weighted by atomic mass is 32.2. The molecule has 0 atom stereocenters. The first kappa shape index (κ1) is 13.1. The van der Waals surface area contributed by atoms with E-state index >= 15 is 0 Å². The summed E-state index contributed by atoms with van der Waals surface area (Å²) >= 11 is 1.37. The third kappa shape index (κ3) is 2.58. The van der Waals surface area contributed by atoms with Crippen LogP contribution in [0.3, 0.4) is 0 Å². The predicted octanol–water partition coefficient (Wildman–Crippen LogP) is 2.72. The minimum absolute atomic E-state index is 0.198. The van der Waals surface area contributed by atoms with Gasteiger partial charge in [0.25, 0.3) is 0 Å². The standard InChI is InChI=1S/C13H13NO2S2/c1-17-12-9-5-8-11(13(12)18(14,15)16)10-6-3-2-4-7-10/h2-9H,1H3,(H2,14,15,16). The van der Waals surface area contributed by atoms with E-state index in [2.05, 4.69) is 0 Å². The van der Waals surface area contributed by atoms with Crippen LogP contribution in [0.5, 0.6) is 0 Å². The fourth-order valence-electron chi connectivity index (χ4n) is 1.82. The normalized spacial score (nSPS) is 11.4. The van der Waals surface area contributed by atoms with E-state index in [0.717, 1.165) is 5.56 Å². The van der Waals surface area contributed by atoms with Crippen LogP contribution in [0.2, 0.25) is 0 Å². The molecule has 0 saturated carbocycles. The Labute approximate surface area is 111 Å². The predicted molar refractivity (Wildman–Crippen MR) is 75.0 cm³/mol. The van der Waals surface area contributed by atoms with Gasteiger partial charge in [-0.05, 0) is 17.9 Å². The summed E-state index contributed by atoms with van der Waals surface area (Å²) < 4.78 is 23.5. The van der Waals surface area contributed by atoms with Crippen molar-refractivity contribution in [1.82, 2.24) is 0 Å². The van der Waals surface area contributed by atoms with E-state index in [0.29, 0.717) is 10.5 Å². The quantitative estimate of drug-likeness (QED) is 0.879. The van der Waals surface area contributed by atoms with E-state index in [1.165, 1.54) is 11.8 Å². The van der Waals surface area contributed by atoms with Crippen LogP contribution in [-0.4, -0.2) is 14.7 Å². The second-order valence-electron chi connectivity index (χ2n) is 3.75. The zero-order valence-corrected chi connectivity index (χ0v) is 11.5. The fourth-order valence-corrected chi connectivity index (χ4v) is 3.76. The van der Waals surface area contributed by atoms with Crippen LogP contribution >= 0.6 is 11.8 Å². The molecule has 0 saturated heterocycles. The summed E-state index contributed by atoms with van der Waals surface area (Å²) in [6, 6.07) is 14.7. The van der Waals surface area contributed by atoms with E-state index in [9.17, 15) is 8.42 Å². The molecule has 94 valence electrons. The van der Waals surface area contributed by atoms with Crippen LogP contribution in [0.25, 0.3) is 11.1 Å². The summed E-state index contributed by atoms with van der Waals surface area (Å²) in [6.45, 7) is 0. The molecule has 0 aliphatic heterocycles. The molecule has 2 aromatic carbocycles. The summed E-state index contributed by atoms with van der Waals surface area (Å²) in [7, 11) is -3.75. The van der Waals surface area contributed by atoms with Crippen molar-refractivity contribution in [2.75, 3.05) is 6.26 Å². The van der Waals surface area contributed by atoms with Gasteiger partial charge in [0.2, 0.25) is 10.0 Å². The number of rotatable bonds is 3. The van der Waals surface area contributed by atoms with Crippen molar-refractivity contribution < 1.29 is 8.42 Å². The van der Waals surface area contributed by atoms with Gasteiger partial charge in [-0.15, -0.1) is 11.8 Å². The van der Waals surface area contributed by atoms with Crippen LogP contribution < -0.4 is 5.14 Å². The SMILES string of the molecule is CSc1cccc(-c2ccccc2)c1S(N)(=O)=O. The van der Waals surface area contributed by atoms with Gasteiger partial charge in [0.1, 0.15) is 4.90 Å². The maximum absolute atomic E-state index is 11.8. The highest BCUT2D eigenvalue weighted by molar-refractivity contribution is 7.99. The van der Waals surface area contributed by atoms with Crippen molar-refractivity contribution in [3.05, 3.63) is 48.5 Å². The minimum atomic E-state index is -3.75. The van der Waals surface area contributed by atoms with E-state index in [1.807, 2.05) is 42.7 Å². The zero-order valence-electron chi connectivity index (χ0n) is 9.83. The smallest absolute Gasteiger partial charge is 0.225 e. The van der Waals surface area contributed by atoms with Gasteiger partial charge < -0.3 is 0 Å². The first-order valence-corrected chi connectivity index (χ1v) is 8.06. The summed E-state index contributed by atoms with van der Waals surface area (Å²) in [5, 5.41) is 5.33. The molecule has 0 heterocycles. The number of thioether (sulfide) groups is 1. The van der Waals surface area contributed by atoms with Crippen LogP contribution in [0.15, 0.2) is 58.3 Å². The third-order valence-electron chi connectivity index (χ3n) is 2.57. The maximum atomic E-state index is 11.8. The Morgan fingerprint density at radius 1 is 1.00 bits per heavy atom. The topological polar surface area (TPSA) is 60.2 Å². The van der Waals surface area contributed by atoms with Crippen LogP contribution in [0.1, 0.15) is 0 Å². The van der Waals surface area contributed by atoms with Gasteiger partial charge in [-0.1, -0.05) is 42.5 Å². The molecule has 0 bridgehead atoms. The Morgan fingerprint density at radius 2 is 1.67 bits per heavy atom. The van der Waals surface area contributed by atoms with Crippen LogP contribution in [0.4, 0.5) is 0 Å². The molecule has 0 fully saturated rings. The molecular weight excluding hydrogens is 266 g/mol. The van der Waals surface area contributed by atoms with E-state index < -0.39 is 10.0 Å². The minimum Gasteiger partial charge on any atom is -0.225 e. The maximum Gasteiger partial charge on any atom is 0.239 e. The van der Waals surface area contributed by atoms with Crippen molar-refractivity contribution >= 4 is 21.8 Å². The number of nitrogens with two attached hydrogens (primary N) is 1. The lowest BCUT2D eigenvalue weighted by Crippen LogP contribution is -2.14. The first-order valence-electron chi connectivity index (χ1n) is 5.29. The van der Waals surface area contributed by atoms with Crippen molar-refractivity contribution in [2.24, 2.45) is 5.14 Å². The molecule has 2 rings (SSSR count). The number of benzene rings is 2. The zero-order chi connectivity index (χ0) is 13.2. The van der Waals surface area contributed by atoms with E-state index in [4.69, 9.17) is 5.14 Å². The highest BCUT2D eigenvalue weighted by Gasteiger charge is 2.19. The molecule has 0 aromatic heterocycles. The Hall–Kier alpha value is -1.30. The average Bonchev–Trinajstić information content (AvgIpc) is 2.38. The van der Waals surface area contributed by atoms with Gasteiger partial charge in [-0.2, -0.15) is 0 Å². The van der Waals surface area contributed by atoms with Gasteiger partial charge in [-0.25, -0.2) is 13.6 Å². The summed E-state index contributed by atoms with van der Waals surface area (Å²) in [5.41, 5.74) is 1.49. The molecule has 3 nitrogen and oxygen atoms in total. The lowest BCUT2D eigenvalue weighted by Gasteiger charge is -2.11. The van der Waals surface area contributed by atoms with Crippen molar-refractivity contribution in [3.8, 4) is 11.1 Å². The van der Waals surface area contributed by atoms with Crippen molar-refractivity contribution in [1.29, 1.82) is 0 Å². The second-order valence-corrected chi connectivity index (χ2v) is 6.09. The largest absolute Gasteiger partial charge is 0.239 e. The molecule has 5 heteroatoms. The lowest BCUT2D eigenvalue weighted by molar-refractivity contribution is 0.596. The van der Waals surface area contributed by atoms with Gasteiger partial charge in [0.05, 0.1) is 0 Å². The fraction of sp³-hybridized carbons (Fsp3) is 0.0769. The molecule has 0 radical (unpaired) electrons. The summed E-state index contributed by atoms with van der Waals surface area (Å²) in [6.07, 6.45) is 1.83. The average molecular weight is 279 g/mol. The Bertz CT molecular complexity index is 652. The highest BCUT2D eigenvalue weighted by Crippen LogP contribution is 2.33. The Kier molecular flexibility index (Phi) is 3.75. The second kappa shape index (κ2) is 5.14. The molecule has 0 amide bonds. The van der Waals surface area contributed by atoms with Gasteiger partial charge in [0, 0.05) is 10.5 Å². The monoisotopic (exact) mass is 279 g/mol. The van der Waals surface area contributed by atoms with E-state index in [1.54, 1.807) is 12.1 Å². The number of hydrogen-bond acceptors (Lipinski definition) is 3. The van der Waals surface area contributed by atoms with Gasteiger partial charge in [0.15, 0.2) is 0 Å². The lowest BCUT2D eigenvalue weighted by atomic mass is 10.1. The molecule has 0 unspecified atom stereocenters. The molecule has 2 aromatic rings. The Morgan fingerprint density at radius 3 is 2.22 bits per heavy atom. The number of sulfonamides is 1. The van der Waals surface area contributed by atoms with E-state index in [-0.39, 0.29) is 4.90 Å². The number of primary sulfonamides is 1. The van der Waals surface area contributed by atoms with Crippen LogP contribution in [-0.2, 0) is 10.0 Å². The third-order valence-corrected chi connectivity index (χ3v) is 4.49. The van der Waals surface area contributed by atoms with Crippen LogP contribution in [0, 0.1) is 0 Å². The van der Waals surface area contributed by atoms with Gasteiger partial charge in [-0.3, -0.25) is 0 Å². The number of hydrogen-bond donors (Lipinski definition) is 1. The molecular formula is C13H13NO2S2. The first-order chi connectivity index (χ1) is 8.54. The van der Waals surface area contributed by atoms with Crippen molar-refractivity contribution in [2.45, 2.75) is 9.79 Å². The van der Waals surface area contributed by atoms with Gasteiger partial charge >= 0.3 is 0 Å². The molecule has 0 spiro atoms. The molecule has 2 N–H and O–H groups in total. The molecule has 0 aliphatic rings. The summed E-state index contributed by atoms with van der Waals surface area (Å²) in [5.74, 6) is 0. The molecule has 0 aliphatic carbocycles.